The molecule has 2 aromatic heterocycles. The minimum absolute atomic E-state index is 0.0148. The average Bonchev–Trinajstić information content (AvgIpc) is 3.23. The summed E-state index contributed by atoms with van der Waals surface area (Å²) in [5.74, 6) is -0.0750. The van der Waals surface area contributed by atoms with Crippen LogP contribution in [0.3, 0.4) is 0 Å². The molecule has 0 atom stereocenters. The highest BCUT2D eigenvalue weighted by molar-refractivity contribution is 5.72. The summed E-state index contributed by atoms with van der Waals surface area (Å²) < 4.78 is 55.8. The molecule has 0 bridgehead atoms. The van der Waals surface area contributed by atoms with E-state index in [0.717, 1.165) is 27.8 Å². The van der Waals surface area contributed by atoms with Crippen molar-refractivity contribution in [2.24, 2.45) is 7.05 Å². The molecule has 13 heteroatoms. The number of aliphatic hydroxyl groups excluding tert-OH is 1. The first-order chi connectivity index (χ1) is 18.1. The van der Waals surface area contributed by atoms with E-state index in [2.05, 4.69) is 9.72 Å². The molecule has 2 heterocycles. The van der Waals surface area contributed by atoms with Gasteiger partial charge in [-0.25, -0.2) is 4.79 Å². The zero-order valence-electron chi connectivity index (χ0n) is 20.6. The molecule has 4 rings (SSSR count). The monoisotopic (exact) mass is 534 g/mol. The molecule has 0 amide bonds. The van der Waals surface area contributed by atoms with Gasteiger partial charge in [0.1, 0.15) is 24.7 Å². The van der Waals surface area contributed by atoms with Gasteiger partial charge in [0.15, 0.2) is 11.2 Å². The lowest BCUT2D eigenvalue weighted by molar-refractivity contribution is -0.274. The van der Waals surface area contributed by atoms with Crippen LogP contribution in [0.1, 0.15) is 11.1 Å². The van der Waals surface area contributed by atoms with Crippen molar-refractivity contribution in [2.75, 3.05) is 19.8 Å². The number of hydrogen-bond acceptors (Lipinski definition) is 7. The Kier molecular flexibility index (Phi) is 7.76. The van der Waals surface area contributed by atoms with Gasteiger partial charge in [-0.3, -0.25) is 18.5 Å². The second-order valence-corrected chi connectivity index (χ2v) is 8.38. The van der Waals surface area contributed by atoms with Gasteiger partial charge in [0, 0.05) is 7.05 Å². The summed E-state index contributed by atoms with van der Waals surface area (Å²) in [5.41, 5.74) is 0.950. The first-order valence-electron chi connectivity index (χ1n) is 11.6. The van der Waals surface area contributed by atoms with Crippen LogP contribution in [0.5, 0.6) is 17.5 Å². The number of aliphatic hydroxyl groups is 1. The third-order valence-electron chi connectivity index (χ3n) is 5.62. The second kappa shape index (κ2) is 11.0. The van der Waals surface area contributed by atoms with Crippen molar-refractivity contribution in [3.8, 4) is 17.5 Å². The number of hydrogen-bond donors (Lipinski definition) is 1. The Bertz CT molecular complexity index is 1520. The quantitative estimate of drug-likeness (QED) is 0.312. The molecule has 0 saturated heterocycles. The molecule has 4 aromatic rings. The molecule has 202 valence electrons. The predicted octanol–water partition coefficient (Wildman–Crippen LogP) is 2.60. The smallest absolute Gasteiger partial charge is 0.490 e. The number of benzene rings is 2. The van der Waals surface area contributed by atoms with Crippen molar-refractivity contribution in [3.63, 3.8) is 0 Å². The molecule has 0 aliphatic carbocycles. The number of nitrogens with zero attached hydrogens (tertiary/aromatic N) is 4. The minimum atomic E-state index is -4.79. The predicted molar refractivity (Wildman–Crippen MR) is 131 cm³/mol. The summed E-state index contributed by atoms with van der Waals surface area (Å²) in [4.78, 5) is 30.3. The van der Waals surface area contributed by atoms with E-state index in [0.29, 0.717) is 5.75 Å². The third kappa shape index (κ3) is 5.99. The van der Waals surface area contributed by atoms with Gasteiger partial charge in [0.05, 0.1) is 19.7 Å². The van der Waals surface area contributed by atoms with Crippen molar-refractivity contribution in [1.82, 2.24) is 18.7 Å². The molecule has 0 aliphatic rings. The fourth-order valence-electron chi connectivity index (χ4n) is 3.81. The fraction of sp³-hybridized carbons (Fsp3) is 0.320. The number of ether oxygens (including phenoxy) is 3. The molecule has 0 aliphatic heterocycles. The van der Waals surface area contributed by atoms with E-state index in [1.54, 1.807) is 4.57 Å². The van der Waals surface area contributed by atoms with E-state index in [1.165, 1.54) is 23.7 Å². The molecule has 10 nitrogen and oxygen atoms in total. The molecule has 1 N–H and O–H groups in total. The molecule has 38 heavy (non-hydrogen) atoms. The maximum absolute atomic E-state index is 13.2. The molecule has 0 radical (unpaired) electrons. The van der Waals surface area contributed by atoms with Crippen LogP contribution in [0.15, 0.2) is 58.1 Å². The van der Waals surface area contributed by atoms with E-state index >= 15 is 0 Å². The highest BCUT2D eigenvalue weighted by Gasteiger charge is 2.31. The molecular weight excluding hydrogens is 509 g/mol. The van der Waals surface area contributed by atoms with Crippen molar-refractivity contribution in [1.29, 1.82) is 0 Å². The molecule has 0 saturated carbocycles. The standard InChI is InChI=1S/C25H25F3N4O6/c1-16-3-5-17(6-4-16)15-32-20-21(30(2)24(35)31(11-12-33)22(20)34)29-23(32)37-14-13-36-18-7-9-19(10-8-18)38-25(26,27)28/h3-10,33H,11-15H2,1-2H3. The molecule has 0 fully saturated rings. The van der Waals surface area contributed by atoms with Crippen LogP contribution in [0.2, 0.25) is 0 Å². The maximum Gasteiger partial charge on any atom is 0.573 e. The van der Waals surface area contributed by atoms with Gasteiger partial charge < -0.3 is 19.3 Å². The van der Waals surface area contributed by atoms with Crippen LogP contribution in [-0.2, 0) is 20.1 Å². The largest absolute Gasteiger partial charge is 0.573 e. The summed E-state index contributed by atoms with van der Waals surface area (Å²) in [6.07, 6.45) is -4.79. The SMILES string of the molecule is Cc1ccc(Cn2c(OCCOc3ccc(OC(F)(F)F)cc3)nc3c2c(=O)n(CCO)c(=O)n3C)cc1. The van der Waals surface area contributed by atoms with E-state index in [-0.39, 0.29) is 49.2 Å². The van der Waals surface area contributed by atoms with Crippen molar-refractivity contribution in [3.05, 3.63) is 80.5 Å². The van der Waals surface area contributed by atoms with E-state index in [1.807, 2.05) is 31.2 Å². The number of fused-ring (bicyclic) bond motifs is 1. The first-order valence-corrected chi connectivity index (χ1v) is 11.6. The number of alkyl halides is 3. The van der Waals surface area contributed by atoms with Crippen molar-refractivity contribution in [2.45, 2.75) is 26.4 Å². The van der Waals surface area contributed by atoms with E-state index in [4.69, 9.17) is 9.47 Å². The van der Waals surface area contributed by atoms with Gasteiger partial charge in [-0.05, 0) is 36.8 Å². The van der Waals surface area contributed by atoms with Crippen LogP contribution >= 0.6 is 0 Å². The molecule has 2 aromatic carbocycles. The zero-order valence-corrected chi connectivity index (χ0v) is 20.6. The Labute approximate surface area is 214 Å². The summed E-state index contributed by atoms with van der Waals surface area (Å²) >= 11 is 0. The Hall–Kier alpha value is -4.26. The number of halogens is 3. The van der Waals surface area contributed by atoms with Crippen LogP contribution in [-0.4, -0.2) is 50.0 Å². The second-order valence-electron chi connectivity index (χ2n) is 8.38. The highest BCUT2D eigenvalue weighted by Crippen LogP contribution is 2.25. The first kappa shape index (κ1) is 26.8. The minimum Gasteiger partial charge on any atom is -0.490 e. The molecule has 0 unspecified atom stereocenters. The Balaban J connectivity index is 1.58. The van der Waals surface area contributed by atoms with Gasteiger partial charge in [0.2, 0.25) is 0 Å². The topological polar surface area (TPSA) is 110 Å². The van der Waals surface area contributed by atoms with Crippen LogP contribution in [0, 0.1) is 6.92 Å². The molecular formula is C25H25F3N4O6. The molecule has 0 spiro atoms. The zero-order chi connectivity index (χ0) is 27.4. The van der Waals surface area contributed by atoms with Gasteiger partial charge in [-0.1, -0.05) is 29.8 Å². The highest BCUT2D eigenvalue weighted by atomic mass is 19.4. The lowest BCUT2D eigenvalue weighted by Gasteiger charge is -2.12. The summed E-state index contributed by atoms with van der Waals surface area (Å²) in [5, 5.41) is 9.34. The lowest BCUT2D eigenvalue weighted by atomic mass is 10.1. The van der Waals surface area contributed by atoms with Crippen LogP contribution in [0.25, 0.3) is 11.2 Å². The lowest BCUT2D eigenvalue weighted by Crippen LogP contribution is -2.40. The van der Waals surface area contributed by atoms with Gasteiger partial charge >= 0.3 is 12.1 Å². The van der Waals surface area contributed by atoms with Crippen molar-refractivity contribution >= 4 is 11.2 Å². The van der Waals surface area contributed by atoms with Gasteiger partial charge in [0.25, 0.3) is 11.6 Å². The Morgan fingerprint density at radius 2 is 1.55 bits per heavy atom. The van der Waals surface area contributed by atoms with Crippen LogP contribution < -0.4 is 25.5 Å². The van der Waals surface area contributed by atoms with E-state index < -0.39 is 24.2 Å². The summed E-state index contributed by atoms with van der Waals surface area (Å²) in [7, 11) is 1.47. The number of aryl methyl sites for hydroxylation is 2. The summed E-state index contributed by atoms with van der Waals surface area (Å²) in [6, 6.07) is 12.6. The average molecular weight is 534 g/mol. The number of aromatic nitrogens is 4. The van der Waals surface area contributed by atoms with Crippen LogP contribution in [0.4, 0.5) is 13.2 Å². The summed E-state index contributed by atoms with van der Waals surface area (Å²) in [6.45, 7) is 1.60. The van der Waals surface area contributed by atoms with E-state index in [9.17, 15) is 27.9 Å². The normalized spacial score (nSPS) is 11.6. The van der Waals surface area contributed by atoms with Gasteiger partial charge in [-0.2, -0.15) is 4.98 Å². The number of imidazole rings is 1. The third-order valence-corrected chi connectivity index (χ3v) is 5.62. The Morgan fingerprint density at radius 1 is 0.921 bits per heavy atom. The van der Waals surface area contributed by atoms with Crippen molar-refractivity contribution < 1.29 is 32.5 Å². The Morgan fingerprint density at radius 3 is 2.18 bits per heavy atom. The number of rotatable bonds is 10. The fourth-order valence-corrected chi connectivity index (χ4v) is 3.81. The van der Waals surface area contributed by atoms with Gasteiger partial charge in [-0.15, -0.1) is 13.2 Å². The maximum atomic E-state index is 13.2.